The number of nitrogens with zero attached hydrogens (tertiary/aromatic N) is 1. The number of nitrogens with one attached hydrogen (secondary N) is 2. The van der Waals surface area contributed by atoms with E-state index in [1.807, 2.05) is 38.4 Å². The van der Waals surface area contributed by atoms with Crippen molar-refractivity contribution in [2.45, 2.75) is 19.5 Å². The predicted molar refractivity (Wildman–Crippen MR) is 88.1 cm³/mol. The van der Waals surface area contributed by atoms with Gasteiger partial charge in [-0.3, -0.25) is 9.59 Å². The minimum Gasteiger partial charge on any atom is -0.472 e. The molecule has 1 heterocycles. The number of hydrogen-bond acceptors (Lipinski definition) is 4. The average Bonchev–Trinajstić information content (AvgIpc) is 3.01. The van der Waals surface area contributed by atoms with E-state index in [1.165, 1.54) is 12.5 Å². The lowest BCUT2D eigenvalue weighted by molar-refractivity contribution is -0.117. The van der Waals surface area contributed by atoms with Gasteiger partial charge in [-0.1, -0.05) is 12.1 Å². The number of rotatable bonds is 6. The normalized spacial score (nSPS) is 12.0. The van der Waals surface area contributed by atoms with Gasteiger partial charge in [0.1, 0.15) is 12.3 Å². The number of carbonyl (C=O) groups is 2. The first-order valence-corrected chi connectivity index (χ1v) is 7.33. The van der Waals surface area contributed by atoms with Gasteiger partial charge in [-0.25, -0.2) is 0 Å². The predicted octanol–water partition coefficient (Wildman–Crippen LogP) is 2.10. The number of carbonyl (C=O) groups excluding carboxylic acids is 2. The molecule has 0 bridgehead atoms. The van der Waals surface area contributed by atoms with E-state index in [1.54, 1.807) is 13.0 Å². The summed E-state index contributed by atoms with van der Waals surface area (Å²) in [5, 5.41) is 5.44. The number of hydrogen-bond donors (Lipinski definition) is 2. The van der Waals surface area contributed by atoms with E-state index in [0.29, 0.717) is 11.3 Å². The van der Waals surface area contributed by atoms with Crippen LogP contribution in [0.1, 0.15) is 22.8 Å². The quantitative estimate of drug-likeness (QED) is 0.856. The Bertz CT molecular complexity index is 665. The summed E-state index contributed by atoms with van der Waals surface area (Å²) in [5.74, 6) is -0.619. The minimum atomic E-state index is -0.657. The molecule has 0 aliphatic carbocycles. The molecule has 2 amide bonds. The van der Waals surface area contributed by atoms with Crippen molar-refractivity contribution in [2.75, 3.05) is 19.4 Å². The second-order valence-corrected chi connectivity index (χ2v) is 5.63. The standard InChI is InChI=1S/C17H21N3O3/c1-12(18-17(22)14-7-8-23-11-14)16(21)19-15-6-4-5-13(9-15)10-20(2)3/h4-9,11-12H,10H2,1-3H3,(H,18,22)(H,19,21). The lowest BCUT2D eigenvalue weighted by atomic mass is 10.2. The van der Waals surface area contributed by atoms with Gasteiger partial charge in [0.2, 0.25) is 5.91 Å². The highest BCUT2D eigenvalue weighted by atomic mass is 16.3. The lowest BCUT2D eigenvalue weighted by Gasteiger charge is -2.15. The number of anilines is 1. The SMILES string of the molecule is CC(NC(=O)c1ccoc1)C(=O)Nc1cccc(CN(C)C)c1. The molecule has 23 heavy (non-hydrogen) atoms. The van der Waals surface area contributed by atoms with Crippen molar-refractivity contribution in [1.29, 1.82) is 0 Å². The van der Waals surface area contributed by atoms with Crippen molar-refractivity contribution in [3.05, 3.63) is 54.0 Å². The summed E-state index contributed by atoms with van der Waals surface area (Å²) in [7, 11) is 3.97. The monoisotopic (exact) mass is 315 g/mol. The fraction of sp³-hybridized carbons (Fsp3) is 0.294. The Kier molecular flexibility index (Phi) is 5.54. The van der Waals surface area contributed by atoms with Crippen LogP contribution >= 0.6 is 0 Å². The molecule has 0 fully saturated rings. The fourth-order valence-electron chi connectivity index (χ4n) is 2.10. The van der Waals surface area contributed by atoms with Gasteiger partial charge in [-0.2, -0.15) is 0 Å². The van der Waals surface area contributed by atoms with Crippen molar-refractivity contribution in [2.24, 2.45) is 0 Å². The molecule has 0 saturated carbocycles. The number of benzene rings is 1. The Morgan fingerprint density at radius 2 is 2.04 bits per heavy atom. The molecule has 6 nitrogen and oxygen atoms in total. The van der Waals surface area contributed by atoms with Gasteiger partial charge in [0.25, 0.3) is 5.91 Å². The van der Waals surface area contributed by atoms with E-state index in [9.17, 15) is 9.59 Å². The van der Waals surface area contributed by atoms with Crippen LogP contribution in [0.15, 0.2) is 47.3 Å². The Labute approximate surface area is 135 Å². The molecule has 6 heteroatoms. The van der Waals surface area contributed by atoms with E-state index < -0.39 is 6.04 Å². The molecule has 0 aliphatic heterocycles. The molecule has 1 aromatic heterocycles. The van der Waals surface area contributed by atoms with Gasteiger partial charge >= 0.3 is 0 Å². The van der Waals surface area contributed by atoms with Gasteiger partial charge in [0, 0.05) is 12.2 Å². The molecule has 122 valence electrons. The number of furan rings is 1. The van der Waals surface area contributed by atoms with Gasteiger partial charge in [-0.15, -0.1) is 0 Å². The van der Waals surface area contributed by atoms with Crippen molar-refractivity contribution < 1.29 is 14.0 Å². The molecular formula is C17H21N3O3. The van der Waals surface area contributed by atoms with Crippen LogP contribution in [0.25, 0.3) is 0 Å². The highest BCUT2D eigenvalue weighted by Gasteiger charge is 2.17. The van der Waals surface area contributed by atoms with Crippen molar-refractivity contribution in [1.82, 2.24) is 10.2 Å². The topological polar surface area (TPSA) is 74.6 Å². The second-order valence-electron chi connectivity index (χ2n) is 5.63. The van der Waals surface area contributed by atoms with Crippen molar-refractivity contribution >= 4 is 17.5 Å². The van der Waals surface area contributed by atoms with E-state index >= 15 is 0 Å². The van der Waals surface area contributed by atoms with Gasteiger partial charge in [0.05, 0.1) is 11.8 Å². The Balaban J connectivity index is 1.94. The minimum absolute atomic E-state index is 0.274. The molecule has 2 N–H and O–H groups in total. The fourth-order valence-corrected chi connectivity index (χ4v) is 2.10. The maximum atomic E-state index is 12.2. The molecule has 0 saturated heterocycles. The molecule has 1 atom stereocenters. The first kappa shape index (κ1) is 16.8. The zero-order valence-electron chi connectivity index (χ0n) is 13.5. The summed E-state index contributed by atoms with van der Waals surface area (Å²) >= 11 is 0. The first-order valence-electron chi connectivity index (χ1n) is 7.33. The van der Waals surface area contributed by atoms with Crippen LogP contribution in [-0.2, 0) is 11.3 Å². The van der Waals surface area contributed by atoms with Crippen LogP contribution in [0.5, 0.6) is 0 Å². The van der Waals surface area contributed by atoms with E-state index in [0.717, 1.165) is 12.1 Å². The zero-order chi connectivity index (χ0) is 16.8. The molecule has 1 unspecified atom stereocenters. The third kappa shape index (κ3) is 4.96. The Morgan fingerprint density at radius 3 is 2.70 bits per heavy atom. The van der Waals surface area contributed by atoms with Crippen molar-refractivity contribution in [3.8, 4) is 0 Å². The smallest absolute Gasteiger partial charge is 0.255 e. The summed E-state index contributed by atoms with van der Waals surface area (Å²) in [6, 6.07) is 8.52. The molecule has 0 aliphatic rings. The molecule has 2 aromatic rings. The van der Waals surface area contributed by atoms with E-state index in [2.05, 4.69) is 15.5 Å². The van der Waals surface area contributed by atoms with Crippen molar-refractivity contribution in [3.63, 3.8) is 0 Å². The largest absolute Gasteiger partial charge is 0.472 e. The third-order valence-electron chi connectivity index (χ3n) is 3.22. The molecular weight excluding hydrogens is 294 g/mol. The molecule has 1 aromatic carbocycles. The van der Waals surface area contributed by atoms with Crippen LogP contribution in [0, 0.1) is 0 Å². The summed E-state index contributed by atoms with van der Waals surface area (Å²) < 4.78 is 4.85. The van der Waals surface area contributed by atoms with Crippen LogP contribution in [0.3, 0.4) is 0 Å². The summed E-state index contributed by atoms with van der Waals surface area (Å²) in [5.41, 5.74) is 2.19. The number of amides is 2. The van der Waals surface area contributed by atoms with Crippen LogP contribution in [0.4, 0.5) is 5.69 Å². The van der Waals surface area contributed by atoms with E-state index in [4.69, 9.17) is 4.42 Å². The Morgan fingerprint density at radius 1 is 1.26 bits per heavy atom. The third-order valence-corrected chi connectivity index (χ3v) is 3.22. The summed E-state index contributed by atoms with van der Waals surface area (Å²) in [4.78, 5) is 26.1. The summed E-state index contributed by atoms with van der Waals surface area (Å²) in [6.07, 6.45) is 2.75. The van der Waals surface area contributed by atoms with Crippen LogP contribution in [0.2, 0.25) is 0 Å². The highest BCUT2D eigenvalue weighted by Crippen LogP contribution is 2.12. The molecule has 0 radical (unpaired) electrons. The van der Waals surface area contributed by atoms with Gasteiger partial charge in [-0.05, 0) is 44.8 Å². The first-order chi connectivity index (χ1) is 11.0. The van der Waals surface area contributed by atoms with Crippen LogP contribution < -0.4 is 10.6 Å². The van der Waals surface area contributed by atoms with Gasteiger partial charge in [0.15, 0.2) is 0 Å². The molecule has 2 rings (SSSR count). The maximum absolute atomic E-state index is 12.2. The van der Waals surface area contributed by atoms with Gasteiger partial charge < -0.3 is 20.0 Å². The maximum Gasteiger partial charge on any atom is 0.255 e. The summed E-state index contributed by atoms with van der Waals surface area (Å²) in [6.45, 7) is 2.42. The average molecular weight is 315 g/mol. The highest BCUT2D eigenvalue weighted by molar-refractivity contribution is 6.00. The zero-order valence-corrected chi connectivity index (χ0v) is 13.5. The van der Waals surface area contributed by atoms with Crippen LogP contribution in [-0.4, -0.2) is 36.9 Å². The second kappa shape index (κ2) is 7.60. The molecule has 0 spiro atoms. The van der Waals surface area contributed by atoms with E-state index in [-0.39, 0.29) is 11.8 Å². The Hall–Kier alpha value is -2.60. The lowest BCUT2D eigenvalue weighted by Crippen LogP contribution is -2.41.